The highest BCUT2D eigenvalue weighted by molar-refractivity contribution is 7.92. The molecule has 1 saturated carbocycles. The number of rotatable bonds is 3. The Morgan fingerprint density at radius 3 is 2.42 bits per heavy atom. The molecular weight excluding hydrogens is 265 g/mol. The molecule has 0 saturated heterocycles. The number of nitrogen functional groups attached to an aromatic ring is 1. The molecule has 0 amide bonds. The lowest BCUT2D eigenvalue weighted by atomic mass is 9.87. The molecule has 0 radical (unpaired) electrons. The Morgan fingerprint density at radius 1 is 1.26 bits per heavy atom. The molecule has 0 aliphatic heterocycles. The van der Waals surface area contributed by atoms with Crippen LogP contribution in [0.2, 0.25) is 0 Å². The van der Waals surface area contributed by atoms with Crippen LogP contribution >= 0.6 is 0 Å². The highest BCUT2D eigenvalue weighted by Crippen LogP contribution is 2.34. The fraction of sp³-hybridized carbons (Fsp3) is 0.571. The molecule has 0 heterocycles. The number of halogens is 1. The molecule has 3 nitrogen and oxygen atoms in total. The second-order valence-electron chi connectivity index (χ2n) is 5.29. The third-order valence-electron chi connectivity index (χ3n) is 4.07. The Balaban J connectivity index is 2.23. The molecular formula is C14H20FNO2S. The Morgan fingerprint density at radius 2 is 1.89 bits per heavy atom. The molecule has 1 aromatic carbocycles. The molecule has 0 atom stereocenters. The summed E-state index contributed by atoms with van der Waals surface area (Å²) in [4.78, 5) is -0.207. The van der Waals surface area contributed by atoms with Crippen LogP contribution in [0, 0.1) is 11.7 Å². The summed E-state index contributed by atoms with van der Waals surface area (Å²) < 4.78 is 38.7. The summed E-state index contributed by atoms with van der Waals surface area (Å²) in [6, 6.07) is 3.80. The summed E-state index contributed by atoms with van der Waals surface area (Å²) in [5.74, 6) is -0.125. The first-order valence-corrected chi connectivity index (χ1v) is 8.28. The van der Waals surface area contributed by atoms with Crippen molar-refractivity contribution in [3.8, 4) is 0 Å². The van der Waals surface area contributed by atoms with Gasteiger partial charge in [-0.3, -0.25) is 0 Å². The first-order valence-electron chi connectivity index (χ1n) is 6.74. The molecule has 106 valence electrons. The van der Waals surface area contributed by atoms with E-state index in [0.29, 0.717) is 18.8 Å². The van der Waals surface area contributed by atoms with Gasteiger partial charge in [-0.05, 0) is 49.8 Å². The zero-order chi connectivity index (χ0) is 14.0. The van der Waals surface area contributed by atoms with Crippen LogP contribution in [0.15, 0.2) is 23.1 Å². The Labute approximate surface area is 113 Å². The van der Waals surface area contributed by atoms with Crippen LogP contribution in [-0.4, -0.2) is 13.7 Å². The van der Waals surface area contributed by atoms with Gasteiger partial charge in [0.2, 0.25) is 0 Å². The molecule has 1 aromatic rings. The van der Waals surface area contributed by atoms with Crippen LogP contribution in [0.4, 0.5) is 10.1 Å². The maximum absolute atomic E-state index is 13.8. The van der Waals surface area contributed by atoms with Crippen molar-refractivity contribution in [3.05, 3.63) is 24.0 Å². The minimum Gasteiger partial charge on any atom is -0.399 e. The molecule has 0 spiro atoms. The van der Waals surface area contributed by atoms with Gasteiger partial charge in [-0.25, -0.2) is 12.8 Å². The number of nitrogens with two attached hydrogens (primary N) is 1. The van der Waals surface area contributed by atoms with Crippen molar-refractivity contribution in [2.45, 2.75) is 49.2 Å². The van der Waals surface area contributed by atoms with Gasteiger partial charge in [-0.1, -0.05) is 13.3 Å². The van der Waals surface area contributed by atoms with E-state index in [1.165, 1.54) is 12.1 Å². The average molecular weight is 285 g/mol. The van der Waals surface area contributed by atoms with Gasteiger partial charge in [-0.15, -0.1) is 0 Å². The van der Waals surface area contributed by atoms with E-state index in [0.717, 1.165) is 25.3 Å². The van der Waals surface area contributed by atoms with Gasteiger partial charge >= 0.3 is 0 Å². The summed E-state index contributed by atoms with van der Waals surface area (Å²) >= 11 is 0. The molecule has 5 heteroatoms. The smallest absolute Gasteiger partial charge is 0.184 e. The quantitative estimate of drug-likeness (QED) is 0.868. The van der Waals surface area contributed by atoms with Gasteiger partial charge < -0.3 is 5.73 Å². The van der Waals surface area contributed by atoms with E-state index in [1.54, 1.807) is 0 Å². The number of anilines is 1. The fourth-order valence-electron chi connectivity index (χ4n) is 2.78. The molecule has 0 unspecified atom stereocenters. The maximum Gasteiger partial charge on any atom is 0.184 e. The summed E-state index contributed by atoms with van der Waals surface area (Å²) in [7, 11) is -3.57. The molecule has 1 aliphatic carbocycles. The monoisotopic (exact) mass is 285 g/mol. The van der Waals surface area contributed by atoms with Gasteiger partial charge in [-0.2, -0.15) is 0 Å². The molecule has 19 heavy (non-hydrogen) atoms. The van der Waals surface area contributed by atoms with Gasteiger partial charge in [0, 0.05) is 5.69 Å². The van der Waals surface area contributed by atoms with Gasteiger partial charge in [0.15, 0.2) is 9.84 Å². The zero-order valence-electron chi connectivity index (χ0n) is 11.1. The number of benzene rings is 1. The van der Waals surface area contributed by atoms with Gasteiger partial charge in [0.05, 0.1) is 5.25 Å². The zero-order valence-corrected chi connectivity index (χ0v) is 11.9. The van der Waals surface area contributed by atoms with Gasteiger partial charge in [0.25, 0.3) is 0 Å². The molecule has 1 fully saturated rings. The molecule has 0 bridgehead atoms. The van der Waals surface area contributed by atoms with Crippen molar-refractivity contribution < 1.29 is 12.8 Å². The average Bonchev–Trinajstić information content (AvgIpc) is 2.38. The highest BCUT2D eigenvalue weighted by Gasteiger charge is 2.33. The predicted octanol–water partition coefficient (Wildman–Crippen LogP) is 3.15. The molecule has 1 aliphatic rings. The minimum atomic E-state index is -3.57. The van der Waals surface area contributed by atoms with E-state index in [9.17, 15) is 12.8 Å². The van der Waals surface area contributed by atoms with Crippen LogP contribution < -0.4 is 5.73 Å². The normalized spacial score (nSPS) is 24.3. The largest absolute Gasteiger partial charge is 0.399 e. The summed E-state index contributed by atoms with van der Waals surface area (Å²) in [5, 5.41) is -0.451. The number of sulfone groups is 1. The third kappa shape index (κ3) is 2.91. The first-order chi connectivity index (χ1) is 8.95. The lowest BCUT2D eigenvalue weighted by Crippen LogP contribution is -2.27. The van der Waals surface area contributed by atoms with Crippen molar-refractivity contribution in [2.24, 2.45) is 5.92 Å². The predicted molar refractivity (Wildman–Crippen MR) is 74.0 cm³/mol. The van der Waals surface area contributed by atoms with E-state index in [1.807, 2.05) is 0 Å². The molecule has 0 aromatic heterocycles. The second kappa shape index (κ2) is 5.49. The fourth-order valence-corrected chi connectivity index (χ4v) is 4.62. The Hall–Kier alpha value is -1.10. The van der Waals surface area contributed by atoms with Gasteiger partial charge in [0.1, 0.15) is 10.7 Å². The van der Waals surface area contributed by atoms with Crippen LogP contribution in [0.5, 0.6) is 0 Å². The van der Waals surface area contributed by atoms with E-state index in [2.05, 4.69) is 6.92 Å². The lowest BCUT2D eigenvalue weighted by Gasteiger charge is -2.27. The van der Waals surface area contributed by atoms with E-state index in [4.69, 9.17) is 5.73 Å². The van der Waals surface area contributed by atoms with Crippen molar-refractivity contribution in [3.63, 3.8) is 0 Å². The van der Waals surface area contributed by atoms with Crippen molar-refractivity contribution >= 4 is 15.5 Å². The highest BCUT2D eigenvalue weighted by atomic mass is 32.2. The third-order valence-corrected chi connectivity index (χ3v) is 6.37. The van der Waals surface area contributed by atoms with Crippen molar-refractivity contribution in [1.82, 2.24) is 0 Å². The number of hydrogen-bond acceptors (Lipinski definition) is 3. The van der Waals surface area contributed by atoms with Crippen LogP contribution in [0.25, 0.3) is 0 Å². The van der Waals surface area contributed by atoms with Crippen LogP contribution in [-0.2, 0) is 9.84 Å². The maximum atomic E-state index is 13.8. The van der Waals surface area contributed by atoms with Crippen molar-refractivity contribution in [1.29, 1.82) is 0 Å². The summed E-state index contributed by atoms with van der Waals surface area (Å²) in [6.07, 6.45) is 4.17. The molecule has 2 rings (SSSR count). The van der Waals surface area contributed by atoms with Crippen LogP contribution in [0.3, 0.4) is 0 Å². The van der Waals surface area contributed by atoms with E-state index >= 15 is 0 Å². The first kappa shape index (κ1) is 14.3. The van der Waals surface area contributed by atoms with E-state index < -0.39 is 20.9 Å². The Bertz CT molecular complexity index is 549. The summed E-state index contributed by atoms with van der Waals surface area (Å²) in [5.41, 5.74) is 5.69. The second-order valence-corrected chi connectivity index (χ2v) is 7.48. The Kier molecular flexibility index (Phi) is 4.13. The topological polar surface area (TPSA) is 60.2 Å². The van der Waals surface area contributed by atoms with Crippen LogP contribution in [0.1, 0.15) is 39.0 Å². The SMILES string of the molecule is CCC1CCC(S(=O)(=O)c2ccc(N)cc2F)CC1. The lowest BCUT2D eigenvalue weighted by molar-refractivity contribution is 0.348. The minimum absolute atomic E-state index is 0.207. The van der Waals surface area contributed by atoms with Crippen molar-refractivity contribution in [2.75, 3.05) is 5.73 Å². The molecule has 2 N–H and O–H groups in total. The summed E-state index contributed by atoms with van der Waals surface area (Å²) in [6.45, 7) is 2.12. The number of hydrogen-bond donors (Lipinski definition) is 1. The van der Waals surface area contributed by atoms with E-state index in [-0.39, 0.29) is 10.6 Å². The standard InChI is InChI=1S/C14H20FNO2S/c1-2-10-3-6-12(7-4-10)19(17,18)14-8-5-11(16)9-13(14)15/h5,8-10,12H,2-4,6-7,16H2,1H3.